The van der Waals surface area contributed by atoms with Crippen LogP contribution in [0.2, 0.25) is 0 Å². The zero-order chi connectivity index (χ0) is 12.5. The Morgan fingerprint density at radius 3 is 2.59 bits per heavy atom. The van der Waals surface area contributed by atoms with Crippen LogP contribution in [-0.4, -0.2) is 64.1 Å². The zero-order valence-electron chi connectivity index (χ0n) is 11.6. The van der Waals surface area contributed by atoms with Gasteiger partial charge >= 0.3 is 0 Å². The summed E-state index contributed by atoms with van der Waals surface area (Å²) in [7, 11) is 3.57. The summed E-state index contributed by atoms with van der Waals surface area (Å²) < 4.78 is 10.4. The number of nitrogens with zero attached hydrogens (tertiary/aromatic N) is 1. The third-order valence-corrected chi connectivity index (χ3v) is 3.58. The summed E-state index contributed by atoms with van der Waals surface area (Å²) in [5, 5.41) is 3.49. The number of methoxy groups -OCH3 is 2. The Morgan fingerprint density at radius 1 is 1.29 bits per heavy atom. The molecule has 0 amide bonds. The van der Waals surface area contributed by atoms with Crippen LogP contribution in [-0.2, 0) is 9.47 Å². The van der Waals surface area contributed by atoms with E-state index in [0.29, 0.717) is 12.1 Å². The molecule has 1 saturated heterocycles. The molecule has 1 rings (SSSR count). The quantitative estimate of drug-likeness (QED) is 0.649. The number of hydrogen-bond acceptors (Lipinski definition) is 4. The van der Waals surface area contributed by atoms with Crippen molar-refractivity contribution < 1.29 is 9.47 Å². The van der Waals surface area contributed by atoms with Crippen molar-refractivity contribution in [3.63, 3.8) is 0 Å². The fourth-order valence-corrected chi connectivity index (χ4v) is 2.33. The summed E-state index contributed by atoms with van der Waals surface area (Å²) in [6, 6.07) is 0.621. The topological polar surface area (TPSA) is 33.7 Å². The smallest absolute Gasteiger partial charge is 0.0595 e. The molecular formula is C13H28N2O2. The predicted molar refractivity (Wildman–Crippen MR) is 70.4 cm³/mol. The average molecular weight is 244 g/mol. The van der Waals surface area contributed by atoms with Crippen LogP contribution < -0.4 is 5.32 Å². The SMILES string of the molecule is COCCCNCC(C)N1CCC(OC)CC1. The number of rotatable bonds is 8. The summed E-state index contributed by atoms with van der Waals surface area (Å²) in [6.45, 7) is 7.60. The molecule has 0 aromatic carbocycles. The molecule has 0 saturated carbocycles. The molecule has 1 unspecified atom stereocenters. The van der Waals surface area contributed by atoms with E-state index < -0.39 is 0 Å². The second kappa shape index (κ2) is 8.86. The largest absolute Gasteiger partial charge is 0.385 e. The van der Waals surface area contributed by atoms with Crippen molar-refractivity contribution >= 4 is 0 Å². The Hall–Kier alpha value is -0.160. The van der Waals surface area contributed by atoms with Crippen molar-refractivity contribution in [3.8, 4) is 0 Å². The highest BCUT2D eigenvalue weighted by molar-refractivity contribution is 4.77. The van der Waals surface area contributed by atoms with Gasteiger partial charge in [-0.2, -0.15) is 0 Å². The standard InChI is InChI=1S/C13H28N2O2/c1-12(11-14-7-4-10-16-2)15-8-5-13(17-3)6-9-15/h12-14H,4-11H2,1-3H3. The van der Waals surface area contributed by atoms with Crippen LogP contribution in [0, 0.1) is 0 Å². The van der Waals surface area contributed by atoms with Gasteiger partial charge in [0.2, 0.25) is 0 Å². The van der Waals surface area contributed by atoms with Crippen LogP contribution >= 0.6 is 0 Å². The second-order valence-electron chi connectivity index (χ2n) is 4.87. The number of hydrogen-bond donors (Lipinski definition) is 1. The van der Waals surface area contributed by atoms with Gasteiger partial charge in [-0.3, -0.25) is 4.90 Å². The zero-order valence-corrected chi connectivity index (χ0v) is 11.6. The van der Waals surface area contributed by atoms with E-state index in [1.165, 1.54) is 25.9 Å². The number of nitrogens with one attached hydrogen (secondary N) is 1. The van der Waals surface area contributed by atoms with E-state index in [1.807, 2.05) is 7.11 Å². The minimum Gasteiger partial charge on any atom is -0.385 e. The van der Waals surface area contributed by atoms with Crippen molar-refractivity contribution in [2.75, 3.05) is 47.0 Å². The van der Waals surface area contributed by atoms with Gasteiger partial charge in [0.15, 0.2) is 0 Å². The molecule has 0 aliphatic carbocycles. The molecule has 0 aromatic heterocycles. The lowest BCUT2D eigenvalue weighted by Gasteiger charge is -2.35. The monoisotopic (exact) mass is 244 g/mol. The van der Waals surface area contributed by atoms with Gasteiger partial charge < -0.3 is 14.8 Å². The lowest BCUT2D eigenvalue weighted by atomic mass is 10.1. The lowest BCUT2D eigenvalue weighted by molar-refractivity contribution is 0.0297. The maximum Gasteiger partial charge on any atom is 0.0595 e. The molecule has 17 heavy (non-hydrogen) atoms. The van der Waals surface area contributed by atoms with E-state index in [2.05, 4.69) is 17.1 Å². The Morgan fingerprint density at radius 2 is 2.00 bits per heavy atom. The van der Waals surface area contributed by atoms with Gasteiger partial charge in [0, 0.05) is 46.5 Å². The molecule has 4 nitrogen and oxygen atoms in total. The molecule has 0 aromatic rings. The fourth-order valence-electron chi connectivity index (χ4n) is 2.33. The first-order valence-electron chi connectivity index (χ1n) is 6.74. The summed E-state index contributed by atoms with van der Waals surface area (Å²) in [5.41, 5.74) is 0. The molecule has 1 fully saturated rings. The van der Waals surface area contributed by atoms with Gasteiger partial charge in [0.1, 0.15) is 0 Å². The van der Waals surface area contributed by atoms with Crippen LogP contribution in [0.15, 0.2) is 0 Å². The Kier molecular flexibility index (Phi) is 7.77. The van der Waals surface area contributed by atoms with Crippen molar-refractivity contribution in [2.24, 2.45) is 0 Å². The highest BCUT2D eigenvalue weighted by Gasteiger charge is 2.21. The third kappa shape index (κ3) is 5.82. The minimum absolute atomic E-state index is 0.480. The molecule has 4 heteroatoms. The molecule has 102 valence electrons. The van der Waals surface area contributed by atoms with Gasteiger partial charge in [0.25, 0.3) is 0 Å². The number of likely N-dealkylation sites (tertiary alicyclic amines) is 1. The molecule has 0 radical (unpaired) electrons. The number of piperidine rings is 1. The average Bonchev–Trinajstić information content (AvgIpc) is 2.38. The van der Waals surface area contributed by atoms with Crippen molar-refractivity contribution in [2.45, 2.75) is 38.3 Å². The van der Waals surface area contributed by atoms with Crippen LogP contribution in [0.1, 0.15) is 26.2 Å². The van der Waals surface area contributed by atoms with Gasteiger partial charge in [-0.1, -0.05) is 0 Å². The van der Waals surface area contributed by atoms with Crippen molar-refractivity contribution in [1.29, 1.82) is 0 Å². The summed E-state index contributed by atoms with van der Waals surface area (Å²) in [4.78, 5) is 2.55. The summed E-state index contributed by atoms with van der Waals surface area (Å²) >= 11 is 0. The van der Waals surface area contributed by atoms with Crippen molar-refractivity contribution in [1.82, 2.24) is 10.2 Å². The molecular weight excluding hydrogens is 216 g/mol. The lowest BCUT2D eigenvalue weighted by Crippen LogP contribution is -2.46. The predicted octanol–water partition coefficient (Wildman–Crippen LogP) is 1.11. The molecule has 0 bridgehead atoms. The van der Waals surface area contributed by atoms with Gasteiger partial charge in [-0.15, -0.1) is 0 Å². The van der Waals surface area contributed by atoms with Gasteiger partial charge in [-0.25, -0.2) is 0 Å². The number of ether oxygens (including phenoxy) is 2. The van der Waals surface area contributed by atoms with Gasteiger partial charge in [-0.05, 0) is 32.7 Å². The molecule has 1 aliphatic rings. The fraction of sp³-hybridized carbons (Fsp3) is 1.00. The molecule has 1 N–H and O–H groups in total. The van der Waals surface area contributed by atoms with Crippen LogP contribution in [0.5, 0.6) is 0 Å². The van der Waals surface area contributed by atoms with Crippen molar-refractivity contribution in [3.05, 3.63) is 0 Å². The normalized spacial score (nSPS) is 20.6. The minimum atomic E-state index is 0.480. The Balaban J connectivity index is 2.05. The van der Waals surface area contributed by atoms with E-state index in [1.54, 1.807) is 7.11 Å². The first-order chi connectivity index (χ1) is 8.27. The van der Waals surface area contributed by atoms with Gasteiger partial charge in [0.05, 0.1) is 6.10 Å². The molecule has 1 heterocycles. The highest BCUT2D eigenvalue weighted by Crippen LogP contribution is 2.14. The Bertz CT molecular complexity index is 182. The summed E-state index contributed by atoms with van der Waals surface area (Å²) in [6.07, 6.45) is 3.91. The maximum atomic E-state index is 5.39. The van der Waals surface area contributed by atoms with Crippen LogP contribution in [0.3, 0.4) is 0 Å². The van der Waals surface area contributed by atoms with E-state index in [9.17, 15) is 0 Å². The van der Waals surface area contributed by atoms with Crippen LogP contribution in [0.4, 0.5) is 0 Å². The highest BCUT2D eigenvalue weighted by atomic mass is 16.5. The first-order valence-corrected chi connectivity index (χ1v) is 6.74. The second-order valence-corrected chi connectivity index (χ2v) is 4.87. The molecule has 0 spiro atoms. The van der Waals surface area contributed by atoms with Crippen LogP contribution in [0.25, 0.3) is 0 Å². The van der Waals surface area contributed by atoms with E-state index in [4.69, 9.17) is 9.47 Å². The first kappa shape index (κ1) is 14.9. The maximum absolute atomic E-state index is 5.39. The molecule has 1 aliphatic heterocycles. The Labute approximate surface area is 106 Å². The van der Waals surface area contributed by atoms with E-state index in [0.717, 1.165) is 26.1 Å². The third-order valence-electron chi connectivity index (χ3n) is 3.58. The summed E-state index contributed by atoms with van der Waals surface area (Å²) in [5.74, 6) is 0. The van der Waals surface area contributed by atoms with E-state index >= 15 is 0 Å². The molecule has 1 atom stereocenters. The van der Waals surface area contributed by atoms with E-state index in [-0.39, 0.29) is 0 Å².